The summed E-state index contributed by atoms with van der Waals surface area (Å²) >= 11 is 0. The van der Waals surface area contributed by atoms with Crippen molar-refractivity contribution < 1.29 is 33.4 Å². The van der Waals surface area contributed by atoms with Crippen LogP contribution in [-0.4, -0.2) is 52.2 Å². The van der Waals surface area contributed by atoms with Gasteiger partial charge in [-0.25, -0.2) is 4.39 Å². The van der Waals surface area contributed by atoms with Crippen molar-refractivity contribution in [3.05, 3.63) is 23.8 Å². The quantitative estimate of drug-likeness (QED) is 0.533. The number of Topliss-reactive ketones (excluding diaryl/α,β-unsaturated/α-hetero) is 1. The summed E-state index contributed by atoms with van der Waals surface area (Å²) in [5.41, 5.74) is -4.91. The molecule has 0 amide bonds. The maximum atomic E-state index is 17.1. The number of rotatable bonds is 2. The summed E-state index contributed by atoms with van der Waals surface area (Å²) in [4.78, 5) is 36.6. The Labute approximate surface area is 180 Å². The fourth-order valence-electron chi connectivity index (χ4n) is 7.83. The molecule has 5 rings (SSSR count). The molecule has 4 aliphatic carbocycles. The number of carbonyl (C=O) groups excluding carboxylic acids is 3. The molecule has 0 radical (unpaired) electrons. The van der Waals surface area contributed by atoms with Crippen molar-refractivity contribution in [1.82, 2.24) is 0 Å². The van der Waals surface area contributed by atoms with Crippen LogP contribution in [-0.2, 0) is 23.9 Å². The number of ether oxygens (including phenoxy) is 2. The number of carbonyl (C=O) groups is 3. The van der Waals surface area contributed by atoms with Gasteiger partial charge in [0, 0.05) is 16.7 Å². The third kappa shape index (κ3) is 2.25. The Morgan fingerprint density at radius 3 is 2.65 bits per heavy atom. The van der Waals surface area contributed by atoms with E-state index in [0.29, 0.717) is 24.8 Å². The van der Waals surface area contributed by atoms with Crippen LogP contribution in [0.4, 0.5) is 4.39 Å². The van der Waals surface area contributed by atoms with Gasteiger partial charge in [-0.05, 0) is 64.5 Å². The van der Waals surface area contributed by atoms with E-state index in [4.69, 9.17) is 9.47 Å². The average molecular weight is 432 g/mol. The van der Waals surface area contributed by atoms with Crippen molar-refractivity contribution in [2.24, 2.45) is 22.7 Å². The molecule has 0 aromatic carbocycles. The number of halogens is 1. The number of hydrogen-bond donors (Lipinski definition) is 1. The first kappa shape index (κ1) is 21.2. The minimum absolute atomic E-state index is 0.0369. The molecule has 3 saturated carbocycles. The van der Waals surface area contributed by atoms with Gasteiger partial charge in [-0.15, -0.1) is 0 Å². The van der Waals surface area contributed by atoms with Gasteiger partial charge in [0.25, 0.3) is 0 Å². The van der Waals surface area contributed by atoms with Crippen molar-refractivity contribution >= 4 is 17.9 Å². The highest BCUT2D eigenvalue weighted by Gasteiger charge is 2.80. The van der Waals surface area contributed by atoms with Crippen molar-refractivity contribution in [2.45, 2.75) is 82.6 Å². The van der Waals surface area contributed by atoms with E-state index in [1.165, 1.54) is 12.2 Å². The summed E-state index contributed by atoms with van der Waals surface area (Å²) in [7, 11) is 0. The van der Waals surface area contributed by atoms with E-state index >= 15 is 4.39 Å². The zero-order chi connectivity index (χ0) is 22.6. The molecule has 6 nitrogen and oxygen atoms in total. The molecule has 31 heavy (non-hydrogen) atoms. The lowest BCUT2D eigenvalue weighted by Gasteiger charge is -2.62. The second-order valence-electron chi connectivity index (χ2n) is 10.8. The first-order valence-electron chi connectivity index (χ1n) is 11.0. The summed E-state index contributed by atoms with van der Waals surface area (Å²) in [6.45, 7) is 6.98. The molecular weight excluding hydrogens is 403 g/mol. The van der Waals surface area contributed by atoms with Crippen LogP contribution in [0.3, 0.4) is 0 Å². The molecule has 8 atom stereocenters. The second kappa shape index (κ2) is 6.00. The number of alkyl halides is 1. The summed E-state index contributed by atoms with van der Waals surface area (Å²) in [5, 5.41) is 11.3. The molecule has 0 spiro atoms. The van der Waals surface area contributed by atoms with Crippen molar-refractivity contribution in [3.8, 4) is 0 Å². The lowest BCUT2D eigenvalue weighted by atomic mass is 9.44. The Balaban J connectivity index is 1.65. The van der Waals surface area contributed by atoms with Crippen LogP contribution in [0.2, 0.25) is 0 Å². The molecular formula is C24H29FO6. The second-order valence-corrected chi connectivity index (χ2v) is 10.8. The van der Waals surface area contributed by atoms with Crippen LogP contribution < -0.4 is 0 Å². The Hall–Kier alpha value is -1.70. The molecule has 4 unspecified atom stereocenters. The van der Waals surface area contributed by atoms with Gasteiger partial charge in [0.2, 0.25) is 5.78 Å². The van der Waals surface area contributed by atoms with Crippen LogP contribution in [0.25, 0.3) is 0 Å². The number of ketones is 2. The summed E-state index contributed by atoms with van der Waals surface area (Å²) in [6.07, 6.45) is 3.98. The monoisotopic (exact) mass is 432 g/mol. The summed E-state index contributed by atoms with van der Waals surface area (Å²) < 4.78 is 29.4. The number of aliphatic hydroxyl groups is 1. The van der Waals surface area contributed by atoms with Gasteiger partial charge in [-0.3, -0.25) is 14.4 Å². The van der Waals surface area contributed by atoms with E-state index in [1.54, 1.807) is 26.8 Å². The molecule has 5 aliphatic rings. The van der Waals surface area contributed by atoms with Gasteiger partial charge in [0.05, 0.1) is 12.2 Å². The van der Waals surface area contributed by atoms with Crippen LogP contribution in [0.1, 0.15) is 53.4 Å². The molecule has 4 fully saturated rings. The van der Waals surface area contributed by atoms with Crippen LogP contribution in [0.15, 0.2) is 23.8 Å². The van der Waals surface area contributed by atoms with E-state index in [0.717, 1.165) is 0 Å². The Bertz CT molecular complexity index is 954. The van der Waals surface area contributed by atoms with Crippen LogP contribution in [0, 0.1) is 22.7 Å². The zero-order valence-electron chi connectivity index (χ0n) is 18.3. The van der Waals surface area contributed by atoms with E-state index in [2.05, 4.69) is 0 Å². The minimum Gasteiger partial charge on any atom is -0.390 e. The van der Waals surface area contributed by atoms with E-state index in [1.807, 2.05) is 6.92 Å². The normalized spacial score (nSPS) is 51.9. The molecule has 0 aromatic rings. The van der Waals surface area contributed by atoms with Gasteiger partial charge < -0.3 is 14.6 Å². The van der Waals surface area contributed by atoms with Crippen LogP contribution >= 0.6 is 0 Å². The minimum atomic E-state index is -2.00. The Morgan fingerprint density at radius 2 is 1.97 bits per heavy atom. The van der Waals surface area contributed by atoms with Crippen molar-refractivity contribution in [2.75, 3.05) is 0 Å². The standard InChI is InChI=1S/C24H29FO6/c1-20(2)30-19-10-16-15-6-5-13-9-14(27)7-8-21(13,3)23(15,25)17(28)11-22(16,4)24(19,31-20)18(29)12-26/h7-9,12,15-17,19,28H,5-6,10-11H2,1-4H3/t15?,16?,17-,19+,21?,22?,23-,24+/m0/s1. The number of fused-ring (bicyclic) bond motifs is 7. The molecule has 1 heterocycles. The summed E-state index contributed by atoms with van der Waals surface area (Å²) in [5.74, 6) is -2.83. The van der Waals surface area contributed by atoms with Gasteiger partial charge in [-0.2, -0.15) is 0 Å². The molecule has 1 N–H and O–H groups in total. The van der Waals surface area contributed by atoms with Crippen molar-refractivity contribution in [1.29, 1.82) is 0 Å². The topological polar surface area (TPSA) is 89.9 Å². The lowest BCUT2D eigenvalue weighted by molar-refractivity contribution is -0.244. The third-order valence-corrected chi connectivity index (χ3v) is 9.11. The fourth-order valence-corrected chi connectivity index (χ4v) is 7.83. The van der Waals surface area contributed by atoms with Gasteiger partial charge in [0.15, 0.2) is 29.1 Å². The number of aldehydes is 1. The third-order valence-electron chi connectivity index (χ3n) is 9.11. The number of hydrogen-bond acceptors (Lipinski definition) is 6. The highest BCUT2D eigenvalue weighted by Crippen LogP contribution is 2.72. The van der Waals surface area contributed by atoms with E-state index in [-0.39, 0.29) is 24.4 Å². The average Bonchev–Trinajstić information content (AvgIpc) is 3.09. The molecule has 0 aromatic heterocycles. The molecule has 0 bridgehead atoms. The smallest absolute Gasteiger partial charge is 0.230 e. The fraction of sp³-hybridized carbons (Fsp3) is 0.708. The zero-order valence-corrected chi connectivity index (χ0v) is 18.3. The Morgan fingerprint density at radius 1 is 1.26 bits per heavy atom. The van der Waals surface area contributed by atoms with E-state index in [9.17, 15) is 19.5 Å². The predicted octanol–water partition coefficient (Wildman–Crippen LogP) is 2.63. The molecule has 1 aliphatic heterocycles. The first-order valence-corrected chi connectivity index (χ1v) is 11.0. The summed E-state index contributed by atoms with van der Waals surface area (Å²) in [6, 6.07) is 0. The molecule has 1 saturated heterocycles. The maximum absolute atomic E-state index is 17.1. The van der Waals surface area contributed by atoms with Gasteiger partial charge in [-0.1, -0.05) is 18.6 Å². The first-order chi connectivity index (χ1) is 14.4. The SMILES string of the molecule is CC1(C)O[C@@H]2CC3C4CCC5=CC(=O)C=CC5(C)[C@@]4(F)[C@@H](O)CC3(C)[C@]2(C(=O)C=O)O1. The highest BCUT2D eigenvalue weighted by atomic mass is 19.1. The molecule has 168 valence electrons. The van der Waals surface area contributed by atoms with Crippen LogP contribution in [0.5, 0.6) is 0 Å². The largest absolute Gasteiger partial charge is 0.390 e. The highest BCUT2D eigenvalue weighted by molar-refractivity contribution is 6.29. The molecule has 7 heteroatoms. The number of aliphatic hydroxyl groups excluding tert-OH is 1. The lowest BCUT2D eigenvalue weighted by Crippen LogP contribution is -2.69. The Kier molecular flexibility index (Phi) is 4.09. The number of allylic oxidation sites excluding steroid dienone is 4. The maximum Gasteiger partial charge on any atom is 0.230 e. The van der Waals surface area contributed by atoms with Gasteiger partial charge >= 0.3 is 0 Å². The van der Waals surface area contributed by atoms with Gasteiger partial charge in [0.1, 0.15) is 0 Å². The van der Waals surface area contributed by atoms with Crippen molar-refractivity contribution in [3.63, 3.8) is 0 Å². The predicted molar refractivity (Wildman–Crippen MR) is 108 cm³/mol. The van der Waals surface area contributed by atoms with E-state index < -0.39 is 51.8 Å².